The highest BCUT2D eigenvalue weighted by Gasteiger charge is 2.23. The van der Waals surface area contributed by atoms with E-state index in [-0.39, 0.29) is 18.2 Å². The van der Waals surface area contributed by atoms with Crippen LogP contribution in [0.25, 0.3) is 0 Å². The lowest BCUT2D eigenvalue weighted by atomic mass is 9.84. The van der Waals surface area contributed by atoms with Crippen molar-refractivity contribution < 1.29 is 14.3 Å². The van der Waals surface area contributed by atoms with Gasteiger partial charge in [-0.3, -0.25) is 0 Å². The van der Waals surface area contributed by atoms with Crippen molar-refractivity contribution >= 4 is 17.6 Å². The summed E-state index contributed by atoms with van der Waals surface area (Å²) in [7, 11) is 0. The van der Waals surface area contributed by atoms with E-state index in [1.807, 2.05) is 56.3 Å². The third-order valence-electron chi connectivity index (χ3n) is 4.18. The summed E-state index contributed by atoms with van der Waals surface area (Å²) in [6, 6.07) is 13.1. The Labute approximate surface area is 152 Å². The molecule has 6 heteroatoms. The largest absolute Gasteiger partial charge is 0.454 e. The lowest BCUT2D eigenvalue weighted by Gasteiger charge is -2.26. The van der Waals surface area contributed by atoms with Crippen LogP contribution in [0.2, 0.25) is 5.02 Å². The smallest absolute Gasteiger partial charge is 0.315 e. The van der Waals surface area contributed by atoms with E-state index in [4.69, 9.17) is 21.1 Å². The number of ether oxygens (including phenoxy) is 2. The summed E-state index contributed by atoms with van der Waals surface area (Å²) in [5.41, 5.74) is 1.69. The number of rotatable bonds is 5. The molecule has 0 fully saturated rings. The van der Waals surface area contributed by atoms with Gasteiger partial charge in [0.1, 0.15) is 0 Å². The first-order chi connectivity index (χ1) is 12.0. The van der Waals surface area contributed by atoms with Gasteiger partial charge in [0, 0.05) is 23.5 Å². The van der Waals surface area contributed by atoms with Crippen molar-refractivity contribution in [3.8, 4) is 11.5 Å². The molecular weight excluding hydrogens is 340 g/mol. The van der Waals surface area contributed by atoms with E-state index in [1.54, 1.807) is 0 Å². The minimum atomic E-state index is -0.269. The number of hydrogen-bond donors (Lipinski definition) is 2. The molecule has 1 heterocycles. The lowest BCUT2D eigenvalue weighted by molar-refractivity contribution is 0.174. The summed E-state index contributed by atoms with van der Waals surface area (Å²) in [6.07, 6.45) is 0. The third-order valence-corrected chi connectivity index (χ3v) is 4.51. The van der Waals surface area contributed by atoms with E-state index in [0.29, 0.717) is 23.9 Å². The van der Waals surface area contributed by atoms with Crippen LogP contribution in [-0.4, -0.2) is 19.4 Å². The second-order valence-electron chi connectivity index (χ2n) is 6.59. The highest BCUT2D eigenvalue weighted by molar-refractivity contribution is 6.31. The first-order valence-electron chi connectivity index (χ1n) is 8.11. The summed E-state index contributed by atoms with van der Waals surface area (Å²) in [4.78, 5) is 12.1. The second-order valence-corrected chi connectivity index (χ2v) is 6.99. The van der Waals surface area contributed by atoms with Gasteiger partial charge in [0.2, 0.25) is 6.79 Å². The second kappa shape index (κ2) is 7.23. The third kappa shape index (κ3) is 4.17. The lowest BCUT2D eigenvalue weighted by Crippen LogP contribution is -2.42. The van der Waals surface area contributed by atoms with Gasteiger partial charge >= 0.3 is 6.03 Å². The molecule has 3 rings (SSSR count). The van der Waals surface area contributed by atoms with Crippen molar-refractivity contribution in [2.24, 2.45) is 0 Å². The highest BCUT2D eigenvalue weighted by atomic mass is 35.5. The molecule has 5 nitrogen and oxygen atoms in total. The molecule has 0 bridgehead atoms. The summed E-state index contributed by atoms with van der Waals surface area (Å²) >= 11 is 6.26. The number of amides is 2. The van der Waals surface area contributed by atoms with Gasteiger partial charge in [-0.1, -0.05) is 49.7 Å². The standard InChI is InChI=1S/C19H21ClN2O3/c1-19(2,14-5-3-4-6-15(14)20)11-22-18(23)21-10-13-7-8-16-17(9-13)25-12-24-16/h3-9H,10-12H2,1-2H3,(H2,21,22,23). The summed E-state index contributed by atoms with van der Waals surface area (Å²) < 4.78 is 10.6. The molecule has 0 aliphatic carbocycles. The van der Waals surface area contributed by atoms with Gasteiger partial charge in [-0.2, -0.15) is 0 Å². The van der Waals surface area contributed by atoms with Crippen LogP contribution in [0.5, 0.6) is 11.5 Å². The normalized spacial score (nSPS) is 12.8. The van der Waals surface area contributed by atoms with Crippen molar-refractivity contribution in [2.45, 2.75) is 25.8 Å². The van der Waals surface area contributed by atoms with Crippen LogP contribution in [0.15, 0.2) is 42.5 Å². The predicted molar refractivity (Wildman–Crippen MR) is 97.3 cm³/mol. The van der Waals surface area contributed by atoms with Gasteiger partial charge in [0.25, 0.3) is 0 Å². The van der Waals surface area contributed by atoms with Crippen molar-refractivity contribution in [3.63, 3.8) is 0 Å². The predicted octanol–water partition coefficient (Wildman–Crippen LogP) is 3.85. The number of urea groups is 1. The minimum Gasteiger partial charge on any atom is -0.454 e. The van der Waals surface area contributed by atoms with Gasteiger partial charge in [0.05, 0.1) is 0 Å². The fraction of sp³-hybridized carbons (Fsp3) is 0.316. The number of hydrogen-bond acceptors (Lipinski definition) is 3. The van der Waals surface area contributed by atoms with Crippen molar-refractivity contribution in [2.75, 3.05) is 13.3 Å². The molecule has 0 radical (unpaired) electrons. The number of carbonyl (C=O) groups excluding carboxylic acids is 1. The average Bonchev–Trinajstić information content (AvgIpc) is 3.06. The van der Waals surface area contributed by atoms with Crippen molar-refractivity contribution in [1.82, 2.24) is 10.6 Å². The maximum atomic E-state index is 12.1. The summed E-state index contributed by atoms with van der Waals surface area (Å²) in [5.74, 6) is 1.44. The van der Waals surface area contributed by atoms with Gasteiger partial charge in [-0.05, 0) is 29.3 Å². The van der Waals surface area contributed by atoms with E-state index >= 15 is 0 Å². The molecular formula is C19H21ClN2O3. The monoisotopic (exact) mass is 360 g/mol. The van der Waals surface area contributed by atoms with Crippen LogP contribution in [-0.2, 0) is 12.0 Å². The van der Waals surface area contributed by atoms with Gasteiger partial charge in [0.15, 0.2) is 11.5 Å². The SMILES string of the molecule is CC(C)(CNC(=O)NCc1ccc2c(c1)OCO2)c1ccccc1Cl. The molecule has 2 amide bonds. The van der Waals surface area contributed by atoms with Crippen molar-refractivity contribution in [3.05, 3.63) is 58.6 Å². The molecule has 1 aliphatic heterocycles. The van der Waals surface area contributed by atoms with E-state index in [2.05, 4.69) is 10.6 Å². The highest BCUT2D eigenvalue weighted by Crippen LogP contribution is 2.32. The van der Waals surface area contributed by atoms with Crippen LogP contribution in [0.3, 0.4) is 0 Å². The minimum absolute atomic E-state index is 0.224. The zero-order chi connectivity index (χ0) is 17.9. The Morgan fingerprint density at radius 1 is 1.12 bits per heavy atom. The fourth-order valence-electron chi connectivity index (χ4n) is 2.70. The number of carbonyl (C=O) groups is 1. The topological polar surface area (TPSA) is 59.6 Å². The van der Waals surface area contributed by atoms with Crippen LogP contribution >= 0.6 is 11.6 Å². The van der Waals surface area contributed by atoms with Gasteiger partial charge in [-0.15, -0.1) is 0 Å². The van der Waals surface area contributed by atoms with Gasteiger partial charge in [-0.25, -0.2) is 4.79 Å². The average molecular weight is 361 g/mol. The quantitative estimate of drug-likeness (QED) is 0.851. The number of halogens is 1. The Balaban J connectivity index is 1.52. The number of fused-ring (bicyclic) bond motifs is 1. The van der Waals surface area contributed by atoms with E-state index in [9.17, 15) is 4.79 Å². The van der Waals surface area contributed by atoms with Crippen LogP contribution in [0.1, 0.15) is 25.0 Å². The molecule has 2 aromatic rings. The summed E-state index contributed by atoms with van der Waals surface area (Å²) in [6.45, 7) is 5.22. The van der Waals surface area contributed by atoms with E-state index in [1.165, 1.54) is 0 Å². The Morgan fingerprint density at radius 2 is 1.88 bits per heavy atom. The Morgan fingerprint density at radius 3 is 2.68 bits per heavy atom. The molecule has 0 saturated heterocycles. The molecule has 0 atom stereocenters. The van der Waals surface area contributed by atoms with Crippen LogP contribution in [0, 0.1) is 0 Å². The Hall–Kier alpha value is -2.40. The van der Waals surface area contributed by atoms with Crippen LogP contribution in [0.4, 0.5) is 4.79 Å². The Bertz CT molecular complexity index is 777. The molecule has 0 unspecified atom stereocenters. The molecule has 0 saturated carbocycles. The van der Waals surface area contributed by atoms with Crippen molar-refractivity contribution in [1.29, 1.82) is 0 Å². The zero-order valence-electron chi connectivity index (χ0n) is 14.3. The molecule has 0 spiro atoms. The number of benzene rings is 2. The fourth-order valence-corrected chi connectivity index (χ4v) is 3.09. The number of nitrogens with one attached hydrogen (secondary N) is 2. The summed E-state index contributed by atoms with van der Waals surface area (Å²) in [5, 5.41) is 6.46. The van der Waals surface area contributed by atoms with E-state index in [0.717, 1.165) is 16.9 Å². The molecule has 1 aliphatic rings. The molecule has 0 aromatic heterocycles. The maximum Gasteiger partial charge on any atom is 0.315 e. The first-order valence-corrected chi connectivity index (χ1v) is 8.49. The van der Waals surface area contributed by atoms with E-state index < -0.39 is 0 Å². The molecule has 2 aromatic carbocycles. The first kappa shape index (κ1) is 17.4. The van der Waals surface area contributed by atoms with Crippen LogP contribution < -0.4 is 20.1 Å². The molecule has 25 heavy (non-hydrogen) atoms. The Kier molecular flexibility index (Phi) is 5.04. The molecule has 2 N–H and O–H groups in total. The molecule has 132 valence electrons. The zero-order valence-corrected chi connectivity index (χ0v) is 15.0. The van der Waals surface area contributed by atoms with Gasteiger partial charge < -0.3 is 20.1 Å². The maximum absolute atomic E-state index is 12.1.